The number of aromatic nitrogens is 2. The van der Waals surface area contributed by atoms with Crippen molar-refractivity contribution in [2.24, 2.45) is 7.05 Å². The van der Waals surface area contributed by atoms with Gasteiger partial charge < -0.3 is 4.74 Å². The van der Waals surface area contributed by atoms with Crippen molar-refractivity contribution in [2.45, 2.75) is 18.3 Å². The normalized spacial score (nSPS) is 15.8. The number of nitrogens with zero attached hydrogens (tertiary/aromatic N) is 2. The first-order valence-electron chi connectivity index (χ1n) is 8.70. The van der Waals surface area contributed by atoms with E-state index in [1.54, 1.807) is 31.3 Å². The van der Waals surface area contributed by atoms with Crippen LogP contribution in [0.1, 0.15) is 11.4 Å². The van der Waals surface area contributed by atoms with Crippen molar-refractivity contribution in [3.05, 3.63) is 70.3 Å². The van der Waals surface area contributed by atoms with Crippen molar-refractivity contribution in [3.8, 4) is 5.75 Å². The first kappa shape index (κ1) is 22.2. The van der Waals surface area contributed by atoms with E-state index >= 15 is 0 Å². The molecule has 3 aromatic rings. The summed E-state index contributed by atoms with van der Waals surface area (Å²) < 4.78 is 7.41. The molecule has 1 saturated heterocycles. The molecule has 2 amide bonds. The molecular formula is C20H18KN3O4S. The van der Waals surface area contributed by atoms with Crippen molar-refractivity contribution in [1.82, 2.24) is 14.9 Å². The average Bonchev–Trinajstić information content (AvgIpc) is 3.01. The van der Waals surface area contributed by atoms with Crippen LogP contribution in [0.5, 0.6) is 5.75 Å². The van der Waals surface area contributed by atoms with E-state index in [2.05, 4.69) is 10.3 Å². The Kier molecular flexibility index (Phi) is 7.31. The van der Waals surface area contributed by atoms with Crippen LogP contribution in [0.3, 0.4) is 0 Å². The molecule has 2 heterocycles. The average molecular weight is 436 g/mol. The van der Waals surface area contributed by atoms with E-state index in [4.69, 9.17) is 4.74 Å². The molecule has 1 aromatic heterocycles. The molecule has 29 heavy (non-hydrogen) atoms. The molecule has 4 rings (SSSR count). The topological polar surface area (TPSA) is 90.3 Å². The Morgan fingerprint density at radius 1 is 1.10 bits per heavy atom. The predicted octanol–water partition coefficient (Wildman–Crippen LogP) is 1.76. The van der Waals surface area contributed by atoms with Gasteiger partial charge in [0.1, 0.15) is 18.2 Å². The third-order valence-electron chi connectivity index (χ3n) is 4.58. The van der Waals surface area contributed by atoms with Crippen molar-refractivity contribution < 1.29 is 14.3 Å². The molecule has 0 aliphatic carbocycles. The van der Waals surface area contributed by atoms with E-state index in [0.29, 0.717) is 28.9 Å². The Hall–Kier alpha value is -1.49. The number of carbonyl (C=O) groups is 2. The van der Waals surface area contributed by atoms with Gasteiger partial charge in [-0.15, -0.1) is 0 Å². The van der Waals surface area contributed by atoms with Gasteiger partial charge >= 0.3 is 51.4 Å². The second-order valence-electron chi connectivity index (χ2n) is 6.39. The fraction of sp³-hybridized carbons (Fsp3) is 0.200. The Morgan fingerprint density at radius 2 is 1.83 bits per heavy atom. The number of amides is 2. The van der Waals surface area contributed by atoms with Crippen molar-refractivity contribution >= 4 is 85.2 Å². The Labute approximate surface area is 213 Å². The first-order chi connectivity index (χ1) is 13.5. The zero-order valence-corrected chi connectivity index (χ0v) is 15.9. The number of thioether (sulfide) groups is 1. The van der Waals surface area contributed by atoms with Gasteiger partial charge in [0.15, 0.2) is 0 Å². The summed E-state index contributed by atoms with van der Waals surface area (Å²) in [6.45, 7) is 0.108. The number of imide groups is 1. The summed E-state index contributed by atoms with van der Waals surface area (Å²) in [5.41, 5.74) is 1.31. The van der Waals surface area contributed by atoms with E-state index in [1.807, 2.05) is 24.3 Å². The van der Waals surface area contributed by atoms with Crippen LogP contribution < -0.4 is 15.6 Å². The minimum absolute atomic E-state index is 0. The van der Waals surface area contributed by atoms with Crippen LogP contribution in [0, 0.1) is 0 Å². The van der Waals surface area contributed by atoms with Gasteiger partial charge in [-0.05, 0) is 30.2 Å². The van der Waals surface area contributed by atoms with E-state index in [0.717, 1.165) is 17.3 Å². The molecule has 0 bridgehead atoms. The monoisotopic (exact) mass is 435 g/mol. The zero-order chi connectivity index (χ0) is 19.7. The van der Waals surface area contributed by atoms with E-state index in [1.165, 1.54) is 4.57 Å². The Balaban J connectivity index is 0.00000240. The summed E-state index contributed by atoms with van der Waals surface area (Å²) in [6.07, 6.45) is 0.377. The van der Waals surface area contributed by atoms with Crippen LogP contribution in [0.25, 0.3) is 10.9 Å². The molecule has 1 atom stereocenters. The van der Waals surface area contributed by atoms with E-state index in [-0.39, 0.29) is 74.7 Å². The quantitative estimate of drug-likeness (QED) is 0.614. The van der Waals surface area contributed by atoms with E-state index < -0.39 is 5.25 Å². The van der Waals surface area contributed by atoms with Crippen LogP contribution in [0.15, 0.2) is 53.3 Å². The summed E-state index contributed by atoms with van der Waals surface area (Å²) in [5, 5.41) is 2.05. The van der Waals surface area contributed by atoms with Gasteiger partial charge in [-0.2, -0.15) is 0 Å². The van der Waals surface area contributed by atoms with Crippen LogP contribution in [-0.2, 0) is 24.9 Å². The SMILES string of the molecule is Cn1c(COc2ccccc2CC2SC(=O)NC2=O)nc2ccccc2c1=O.[KH]. The molecule has 1 fully saturated rings. The minimum atomic E-state index is -0.472. The first-order valence-corrected chi connectivity index (χ1v) is 9.58. The maximum atomic E-state index is 12.5. The number of hydrogen-bond acceptors (Lipinski definition) is 6. The molecule has 7 nitrogen and oxygen atoms in total. The van der Waals surface area contributed by atoms with Crippen molar-refractivity contribution in [1.29, 1.82) is 0 Å². The second-order valence-corrected chi connectivity index (χ2v) is 7.57. The molecule has 0 spiro atoms. The Bertz CT molecular complexity index is 1150. The number of para-hydroxylation sites is 2. The summed E-state index contributed by atoms with van der Waals surface area (Å²) >= 11 is 0.985. The molecule has 144 valence electrons. The van der Waals surface area contributed by atoms with Gasteiger partial charge in [0, 0.05) is 7.05 Å². The standard InChI is InChI=1S/C20H17N3O4S.K.H/c1-23-17(21-14-8-4-3-7-13(14)19(23)25)11-27-15-9-5-2-6-12(15)10-16-18(24)22-20(26)28-16;;/h2-9,16H,10-11H2,1H3,(H,22,24,26);;. The van der Waals surface area contributed by atoms with Crippen LogP contribution >= 0.6 is 11.8 Å². The molecule has 1 unspecified atom stereocenters. The van der Waals surface area contributed by atoms with Crippen LogP contribution in [0.2, 0.25) is 0 Å². The molecule has 1 N–H and O–H groups in total. The molecule has 9 heteroatoms. The Morgan fingerprint density at radius 3 is 2.59 bits per heavy atom. The molecule has 0 radical (unpaired) electrons. The van der Waals surface area contributed by atoms with Crippen LogP contribution in [0.4, 0.5) is 4.79 Å². The van der Waals surface area contributed by atoms with Gasteiger partial charge in [-0.3, -0.25) is 24.3 Å². The number of rotatable bonds is 5. The molecule has 1 aliphatic rings. The number of fused-ring (bicyclic) bond motifs is 1. The molecule has 1 aliphatic heterocycles. The molecular weight excluding hydrogens is 417 g/mol. The maximum absolute atomic E-state index is 12.5. The zero-order valence-electron chi connectivity index (χ0n) is 15.0. The molecule has 2 aromatic carbocycles. The number of hydrogen-bond donors (Lipinski definition) is 1. The fourth-order valence-electron chi connectivity index (χ4n) is 3.08. The van der Waals surface area contributed by atoms with Gasteiger partial charge in [0.25, 0.3) is 10.8 Å². The van der Waals surface area contributed by atoms with E-state index in [9.17, 15) is 14.4 Å². The van der Waals surface area contributed by atoms with Gasteiger partial charge in [0.05, 0.1) is 16.2 Å². The summed E-state index contributed by atoms with van der Waals surface area (Å²) in [6, 6.07) is 14.5. The summed E-state index contributed by atoms with van der Waals surface area (Å²) in [7, 11) is 1.66. The predicted molar refractivity (Wildman–Crippen MR) is 114 cm³/mol. The molecule has 0 saturated carbocycles. The fourth-order valence-corrected chi connectivity index (χ4v) is 3.92. The number of benzene rings is 2. The third kappa shape index (κ3) is 4.81. The van der Waals surface area contributed by atoms with Gasteiger partial charge in [-0.1, -0.05) is 42.1 Å². The number of nitrogens with one attached hydrogen (secondary N) is 1. The summed E-state index contributed by atoms with van der Waals surface area (Å²) in [4.78, 5) is 40.3. The van der Waals surface area contributed by atoms with Crippen molar-refractivity contribution in [3.63, 3.8) is 0 Å². The van der Waals surface area contributed by atoms with Gasteiger partial charge in [-0.25, -0.2) is 4.98 Å². The number of carbonyl (C=O) groups excluding carboxylic acids is 2. The second kappa shape index (κ2) is 9.54. The van der Waals surface area contributed by atoms with Gasteiger partial charge in [0.2, 0.25) is 5.91 Å². The number of ether oxygens (including phenoxy) is 1. The van der Waals surface area contributed by atoms with Crippen molar-refractivity contribution in [2.75, 3.05) is 0 Å². The third-order valence-corrected chi connectivity index (χ3v) is 5.56. The summed E-state index contributed by atoms with van der Waals surface area (Å²) in [5.74, 6) is 0.808. The van der Waals surface area contributed by atoms with Crippen LogP contribution in [-0.4, -0.2) is 77.3 Å².